The van der Waals surface area contributed by atoms with E-state index in [-0.39, 0.29) is 12.5 Å². The molecular formula is C16H13ClN2O2S. The molecule has 4 nitrogen and oxygen atoms in total. The molecule has 2 aromatic carbocycles. The number of para-hydroxylation sites is 1. The summed E-state index contributed by atoms with van der Waals surface area (Å²) in [7, 11) is 1.70. The van der Waals surface area contributed by atoms with Crippen LogP contribution in [0.3, 0.4) is 0 Å². The van der Waals surface area contributed by atoms with Crippen LogP contribution >= 0.6 is 22.9 Å². The van der Waals surface area contributed by atoms with E-state index in [9.17, 15) is 4.79 Å². The summed E-state index contributed by atoms with van der Waals surface area (Å²) >= 11 is 7.28. The van der Waals surface area contributed by atoms with Gasteiger partial charge in [-0.3, -0.25) is 9.69 Å². The van der Waals surface area contributed by atoms with Gasteiger partial charge in [-0.2, -0.15) is 0 Å². The van der Waals surface area contributed by atoms with Crippen LogP contribution < -0.4 is 9.64 Å². The molecule has 1 heterocycles. The van der Waals surface area contributed by atoms with Crippen LogP contribution in [0.5, 0.6) is 5.75 Å². The molecule has 1 amide bonds. The second-order valence-corrected chi connectivity index (χ2v) is 6.11. The van der Waals surface area contributed by atoms with Gasteiger partial charge in [-0.05, 0) is 36.4 Å². The Morgan fingerprint density at radius 2 is 1.95 bits per heavy atom. The Kier molecular flexibility index (Phi) is 4.27. The number of aromatic nitrogens is 1. The molecule has 0 aliphatic heterocycles. The molecule has 0 saturated carbocycles. The number of carbonyl (C=O) groups excluding carboxylic acids is 1. The van der Waals surface area contributed by atoms with E-state index in [0.29, 0.717) is 15.9 Å². The van der Waals surface area contributed by atoms with Crippen molar-refractivity contribution in [3.05, 3.63) is 53.6 Å². The summed E-state index contributed by atoms with van der Waals surface area (Å²) in [4.78, 5) is 18.2. The van der Waals surface area contributed by atoms with Gasteiger partial charge in [0.1, 0.15) is 5.75 Å². The standard InChI is InChI=1S/C16H13ClN2O2S/c1-19(16-18-13-4-2-3-5-14(13)22-16)15(20)10-21-12-8-6-11(17)7-9-12/h2-9H,10H2,1H3. The molecule has 0 fully saturated rings. The second kappa shape index (κ2) is 6.34. The van der Waals surface area contributed by atoms with Gasteiger partial charge in [-0.1, -0.05) is 35.1 Å². The minimum Gasteiger partial charge on any atom is -0.484 e. The lowest BCUT2D eigenvalue weighted by molar-refractivity contribution is -0.120. The van der Waals surface area contributed by atoms with E-state index < -0.39 is 0 Å². The number of fused-ring (bicyclic) bond motifs is 1. The Morgan fingerprint density at radius 3 is 2.68 bits per heavy atom. The van der Waals surface area contributed by atoms with Gasteiger partial charge >= 0.3 is 0 Å². The Hall–Kier alpha value is -2.11. The average molecular weight is 333 g/mol. The summed E-state index contributed by atoms with van der Waals surface area (Å²) in [6.07, 6.45) is 0. The molecule has 3 rings (SSSR count). The van der Waals surface area contributed by atoms with E-state index >= 15 is 0 Å². The van der Waals surface area contributed by atoms with Gasteiger partial charge in [0.15, 0.2) is 11.7 Å². The Bertz CT molecular complexity index is 768. The van der Waals surface area contributed by atoms with Crippen LogP contribution in [0.4, 0.5) is 5.13 Å². The van der Waals surface area contributed by atoms with Gasteiger partial charge in [0.25, 0.3) is 5.91 Å². The third kappa shape index (κ3) is 3.21. The Balaban J connectivity index is 1.67. The highest BCUT2D eigenvalue weighted by Crippen LogP contribution is 2.27. The number of nitrogens with zero attached hydrogens (tertiary/aromatic N) is 2. The lowest BCUT2D eigenvalue weighted by Crippen LogP contribution is -2.31. The number of carbonyl (C=O) groups is 1. The summed E-state index contributed by atoms with van der Waals surface area (Å²) in [5, 5.41) is 1.29. The highest BCUT2D eigenvalue weighted by molar-refractivity contribution is 7.22. The lowest BCUT2D eigenvalue weighted by atomic mass is 10.3. The normalized spacial score (nSPS) is 10.6. The topological polar surface area (TPSA) is 42.4 Å². The molecule has 0 aliphatic rings. The first-order valence-corrected chi connectivity index (χ1v) is 7.83. The number of amides is 1. The van der Waals surface area contributed by atoms with Crippen LogP contribution in [-0.4, -0.2) is 24.5 Å². The maximum Gasteiger partial charge on any atom is 0.266 e. The number of rotatable bonds is 4. The molecule has 0 atom stereocenters. The third-order valence-corrected chi connectivity index (χ3v) is 4.48. The number of likely N-dealkylation sites (N-methyl/N-ethyl adjacent to an activating group) is 1. The minimum atomic E-state index is -0.158. The average Bonchev–Trinajstić information content (AvgIpc) is 2.97. The summed E-state index contributed by atoms with van der Waals surface area (Å²) in [6, 6.07) is 14.7. The molecule has 0 bridgehead atoms. The summed E-state index contributed by atoms with van der Waals surface area (Å²) in [5.74, 6) is 0.449. The fraction of sp³-hybridized carbons (Fsp3) is 0.125. The predicted octanol–water partition coefficient (Wildman–Crippen LogP) is 3.99. The van der Waals surface area contributed by atoms with E-state index in [1.54, 1.807) is 31.3 Å². The fourth-order valence-corrected chi connectivity index (χ4v) is 2.95. The number of thiazole rings is 1. The van der Waals surface area contributed by atoms with Crippen molar-refractivity contribution in [2.24, 2.45) is 0 Å². The largest absolute Gasteiger partial charge is 0.484 e. The highest BCUT2D eigenvalue weighted by Gasteiger charge is 2.15. The molecule has 1 aromatic heterocycles. The molecule has 0 unspecified atom stereocenters. The van der Waals surface area contributed by atoms with Gasteiger partial charge in [0.05, 0.1) is 10.2 Å². The van der Waals surface area contributed by atoms with Crippen molar-refractivity contribution in [2.45, 2.75) is 0 Å². The van der Waals surface area contributed by atoms with Crippen molar-refractivity contribution in [1.82, 2.24) is 4.98 Å². The van der Waals surface area contributed by atoms with Gasteiger partial charge in [0, 0.05) is 12.1 Å². The van der Waals surface area contributed by atoms with E-state index in [1.165, 1.54) is 16.2 Å². The van der Waals surface area contributed by atoms with Gasteiger partial charge in [-0.25, -0.2) is 4.98 Å². The molecule has 0 radical (unpaired) electrons. The molecule has 112 valence electrons. The summed E-state index contributed by atoms with van der Waals surface area (Å²) in [6.45, 7) is -0.0476. The van der Waals surface area contributed by atoms with Crippen LogP contribution in [0.2, 0.25) is 5.02 Å². The zero-order valence-electron chi connectivity index (χ0n) is 11.8. The van der Waals surface area contributed by atoms with E-state index in [1.807, 2.05) is 24.3 Å². The zero-order chi connectivity index (χ0) is 15.5. The molecule has 3 aromatic rings. The SMILES string of the molecule is CN(C(=O)COc1ccc(Cl)cc1)c1nc2ccccc2s1. The molecule has 6 heteroatoms. The van der Waals surface area contributed by atoms with Gasteiger partial charge in [0.2, 0.25) is 0 Å². The van der Waals surface area contributed by atoms with Crippen LogP contribution in [0.1, 0.15) is 0 Å². The predicted molar refractivity (Wildman–Crippen MR) is 90.0 cm³/mol. The smallest absolute Gasteiger partial charge is 0.266 e. The molecule has 0 aliphatic carbocycles. The Morgan fingerprint density at radius 1 is 1.23 bits per heavy atom. The highest BCUT2D eigenvalue weighted by atomic mass is 35.5. The van der Waals surface area contributed by atoms with Crippen LogP contribution in [0.25, 0.3) is 10.2 Å². The number of anilines is 1. The molecular weight excluding hydrogens is 320 g/mol. The minimum absolute atomic E-state index is 0.0476. The maximum atomic E-state index is 12.2. The number of hydrogen-bond donors (Lipinski definition) is 0. The van der Waals surface area contributed by atoms with Crippen molar-refractivity contribution in [3.8, 4) is 5.75 Å². The van der Waals surface area contributed by atoms with E-state index in [4.69, 9.17) is 16.3 Å². The second-order valence-electron chi connectivity index (χ2n) is 4.66. The summed E-state index contributed by atoms with van der Waals surface area (Å²) in [5.41, 5.74) is 0.890. The van der Waals surface area contributed by atoms with Gasteiger partial charge < -0.3 is 4.74 Å². The first-order chi connectivity index (χ1) is 10.6. The first kappa shape index (κ1) is 14.8. The number of halogens is 1. The van der Waals surface area contributed by atoms with E-state index in [2.05, 4.69) is 4.98 Å². The van der Waals surface area contributed by atoms with Crippen LogP contribution in [0.15, 0.2) is 48.5 Å². The third-order valence-electron chi connectivity index (χ3n) is 3.12. The van der Waals surface area contributed by atoms with Gasteiger partial charge in [-0.15, -0.1) is 0 Å². The number of benzene rings is 2. The van der Waals surface area contributed by atoms with Crippen molar-refractivity contribution < 1.29 is 9.53 Å². The number of hydrogen-bond acceptors (Lipinski definition) is 4. The maximum absolute atomic E-state index is 12.2. The lowest BCUT2D eigenvalue weighted by Gasteiger charge is -2.14. The van der Waals surface area contributed by atoms with Crippen molar-refractivity contribution >= 4 is 44.2 Å². The molecule has 0 saturated heterocycles. The van der Waals surface area contributed by atoms with Crippen LogP contribution in [-0.2, 0) is 4.79 Å². The van der Waals surface area contributed by atoms with Crippen molar-refractivity contribution in [1.29, 1.82) is 0 Å². The Labute approximate surface area is 136 Å². The first-order valence-electron chi connectivity index (χ1n) is 6.64. The molecule has 0 N–H and O–H groups in total. The van der Waals surface area contributed by atoms with E-state index in [0.717, 1.165) is 10.2 Å². The quantitative estimate of drug-likeness (QED) is 0.725. The van der Waals surface area contributed by atoms with Crippen molar-refractivity contribution in [2.75, 3.05) is 18.6 Å². The van der Waals surface area contributed by atoms with Crippen molar-refractivity contribution in [3.63, 3.8) is 0 Å². The fourth-order valence-electron chi connectivity index (χ4n) is 1.88. The zero-order valence-corrected chi connectivity index (χ0v) is 13.4. The summed E-state index contributed by atoms with van der Waals surface area (Å²) < 4.78 is 6.52. The molecule has 0 spiro atoms. The van der Waals surface area contributed by atoms with Crippen LogP contribution in [0, 0.1) is 0 Å². The number of ether oxygens (including phenoxy) is 1. The molecule has 22 heavy (non-hydrogen) atoms. The monoisotopic (exact) mass is 332 g/mol.